The molecule has 1 heterocycles. The predicted molar refractivity (Wildman–Crippen MR) is 276 cm³/mol. The van der Waals surface area contributed by atoms with Crippen molar-refractivity contribution in [2.24, 2.45) is 0 Å². The van der Waals surface area contributed by atoms with Gasteiger partial charge in [-0.15, -0.1) is 11.3 Å². The normalized spacial score (nSPS) is 11.4. The largest absolute Gasteiger partial charge is 0.310 e. The number of nitrogens with zero attached hydrogens (tertiary/aromatic N) is 1. The smallest absolute Gasteiger partial charge is 0.0540 e. The molecule has 0 bridgehead atoms. The molecule has 0 spiro atoms. The third-order valence-electron chi connectivity index (χ3n) is 12.7. The molecule has 0 unspecified atom stereocenters. The van der Waals surface area contributed by atoms with Crippen LogP contribution >= 0.6 is 11.3 Å². The molecular formula is C62H41NS. The van der Waals surface area contributed by atoms with Crippen LogP contribution in [-0.2, 0) is 0 Å². The fraction of sp³-hybridized carbons (Fsp3) is 0. The molecule has 0 amide bonds. The molecule has 0 aliphatic carbocycles. The summed E-state index contributed by atoms with van der Waals surface area (Å²) < 4.78 is 2.66. The van der Waals surface area contributed by atoms with Crippen molar-refractivity contribution in [2.45, 2.75) is 0 Å². The first-order chi connectivity index (χ1) is 31.7. The van der Waals surface area contributed by atoms with Crippen molar-refractivity contribution in [3.63, 3.8) is 0 Å². The van der Waals surface area contributed by atoms with Crippen molar-refractivity contribution in [3.8, 4) is 55.6 Å². The van der Waals surface area contributed by atoms with Crippen LogP contribution in [-0.4, -0.2) is 0 Å². The lowest BCUT2D eigenvalue weighted by Gasteiger charge is -2.28. The molecule has 300 valence electrons. The van der Waals surface area contributed by atoms with Crippen LogP contribution in [0.5, 0.6) is 0 Å². The van der Waals surface area contributed by atoms with Crippen molar-refractivity contribution >= 4 is 70.1 Å². The van der Waals surface area contributed by atoms with Gasteiger partial charge in [0.25, 0.3) is 0 Å². The second-order valence-corrected chi connectivity index (χ2v) is 17.5. The third-order valence-corrected chi connectivity index (χ3v) is 13.9. The van der Waals surface area contributed by atoms with E-state index in [4.69, 9.17) is 0 Å². The highest BCUT2D eigenvalue weighted by molar-refractivity contribution is 7.26. The zero-order valence-electron chi connectivity index (χ0n) is 35.0. The first-order valence-electron chi connectivity index (χ1n) is 21.9. The van der Waals surface area contributed by atoms with Crippen LogP contribution in [0.2, 0.25) is 0 Å². The van der Waals surface area contributed by atoms with E-state index in [1.165, 1.54) is 97.4 Å². The van der Waals surface area contributed by atoms with Gasteiger partial charge in [-0.1, -0.05) is 194 Å². The molecule has 1 nitrogen and oxygen atoms in total. The number of rotatable bonds is 8. The highest BCUT2D eigenvalue weighted by atomic mass is 32.1. The fourth-order valence-corrected chi connectivity index (χ4v) is 10.7. The maximum atomic E-state index is 2.41. The quantitative estimate of drug-likeness (QED) is 0.147. The summed E-state index contributed by atoms with van der Waals surface area (Å²) in [6.07, 6.45) is 0. The van der Waals surface area contributed by atoms with Gasteiger partial charge in [-0.05, 0) is 126 Å². The van der Waals surface area contributed by atoms with Gasteiger partial charge in [-0.2, -0.15) is 0 Å². The summed E-state index contributed by atoms with van der Waals surface area (Å²) in [7, 11) is 0. The Hall–Kier alpha value is -8.04. The minimum absolute atomic E-state index is 1.09. The Morgan fingerprint density at radius 2 is 0.750 bits per heavy atom. The summed E-state index contributed by atoms with van der Waals surface area (Å²) in [5.74, 6) is 0. The highest BCUT2D eigenvalue weighted by Gasteiger charge is 2.19. The van der Waals surface area contributed by atoms with Gasteiger partial charge in [0.2, 0.25) is 0 Å². The van der Waals surface area contributed by atoms with E-state index in [0.717, 1.165) is 17.1 Å². The fourth-order valence-electron chi connectivity index (χ4n) is 9.49. The van der Waals surface area contributed by atoms with Gasteiger partial charge < -0.3 is 4.90 Å². The Labute approximate surface area is 377 Å². The monoisotopic (exact) mass is 831 g/mol. The number of benzene rings is 11. The lowest BCUT2D eigenvalue weighted by atomic mass is 9.95. The standard InChI is InChI=1S/C62H41NS/c1-2-15-46-41-51(30-29-42(46)13-1)56-22-5-7-27-60(56)63(52-35-31-43(32-36-52)47-17-9-19-49(39-47)55-24-11-16-45-14-3-4-21-54(45)55)53-37-33-44(34-38-53)48-18-10-20-50(40-48)57-25-12-26-59-58-23-6-8-28-61(58)64-62(57)59/h1-41H. The predicted octanol–water partition coefficient (Wildman–Crippen LogP) is 18.2. The number of para-hydroxylation sites is 1. The molecule has 0 saturated heterocycles. The van der Waals surface area contributed by atoms with Crippen molar-refractivity contribution in [1.29, 1.82) is 0 Å². The molecular weight excluding hydrogens is 791 g/mol. The van der Waals surface area contributed by atoms with E-state index in [1.807, 2.05) is 11.3 Å². The molecule has 0 N–H and O–H groups in total. The zero-order valence-corrected chi connectivity index (χ0v) is 35.8. The van der Waals surface area contributed by atoms with Gasteiger partial charge in [-0.3, -0.25) is 0 Å². The Balaban J connectivity index is 0.934. The molecule has 1 aromatic heterocycles. The van der Waals surface area contributed by atoms with Crippen LogP contribution < -0.4 is 4.90 Å². The van der Waals surface area contributed by atoms with Gasteiger partial charge >= 0.3 is 0 Å². The molecule has 0 aliphatic heterocycles. The lowest BCUT2D eigenvalue weighted by Crippen LogP contribution is -2.11. The topological polar surface area (TPSA) is 3.24 Å². The first-order valence-corrected chi connectivity index (χ1v) is 22.7. The summed E-state index contributed by atoms with van der Waals surface area (Å²) in [5, 5.41) is 7.62. The van der Waals surface area contributed by atoms with Crippen molar-refractivity contribution in [1.82, 2.24) is 0 Å². The molecule has 12 rings (SSSR count). The summed E-state index contributed by atoms with van der Waals surface area (Å²) >= 11 is 1.88. The molecule has 11 aromatic carbocycles. The molecule has 0 fully saturated rings. The summed E-state index contributed by atoms with van der Waals surface area (Å²) in [6, 6.07) is 90.9. The van der Waals surface area contributed by atoms with E-state index in [2.05, 4.69) is 254 Å². The highest BCUT2D eigenvalue weighted by Crippen LogP contribution is 2.44. The Kier molecular flexibility index (Phi) is 9.43. The molecule has 0 atom stereocenters. The van der Waals surface area contributed by atoms with Crippen LogP contribution in [0.1, 0.15) is 0 Å². The Morgan fingerprint density at radius 1 is 0.266 bits per heavy atom. The lowest BCUT2D eigenvalue weighted by molar-refractivity contribution is 1.28. The van der Waals surface area contributed by atoms with Crippen LogP contribution in [0.15, 0.2) is 249 Å². The number of hydrogen-bond donors (Lipinski definition) is 0. The van der Waals surface area contributed by atoms with E-state index < -0.39 is 0 Å². The first kappa shape index (κ1) is 37.7. The van der Waals surface area contributed by atoms with Gasteiger partial charge in [0.15, 0.2) is 0 Å². The molecule has 0 saturated carbocycles. The second-order valence-electron chi connectivity index (χ2n) is 16.5. The van der Waals surface area contributed by atoms with Crippen molar-refractivity contribution in [2.75, 3.05) is 4.90 Å². The average Bonchev–Trinajstić information content (AvgIpc) is 3.76. The number of fused-ring (bicyclic) bond motifs is 5. The molecule has 12 aromatic rings. The van der Waals surface area contributed by atoms with E-state index in [9.17, 15) is 0 Å². The molecule has 0 aliphatic rings. The van der Waals surface area contributed by atoms with Crippen LogP contribution in [0.25, 0.3) is 97.4 Å². The van der Waals surface area contributed by atoms with E-state index in [-0.39, 0.29) is 0 Å². The van der Waals surface area contributed by atoms with Crippen molar-refractivity contribution in [3.05, 3.63) is 249 Å². The van der Waals surface area contributed by atoms with Crippen LogP contribution in [0.4, 0.5) is 17.1 Å². The van der Waals surface area contributed by atoms with E-state index in [0.29, 0.717) is 0 Å². The summed E-state index contributed by atoms with van der Waals surface area (Å²) in [6.45, 7) is 0. The Bertz CT molecular complexity index is 3670. The maximum absolute atomic E-state index is 2.41. The van der Waals surface area contributed by atoms with Crippen LogP contribution in [0, 0.1) is 0 Å². The number of hydrogen-bond acceptors (Lipinski definition) is 2. The van der Waals surface area contributed by atoms with Gasteiger partial charge in [0.1, 0.15) is 0 Å². The van der Waals surface area contributed by atoms with Crippen molar-refractivity contribution < 1.29 is 0 Å². The summed E-state index contributed by atoms with van der Waals surface area (Å²) in [5.41, 5.74) is 15.4. The molecule has 64 heavy (non-hydrogen) atoms. The van der Waals surface area contributed by atoms with Crippen LogP contribution in [0.3, 0.4) is 0 Å². The summed E-state index contributed by atoms with van der Waals surface area (Å²) in [4.78, 5) is 2.41. The minimum atomic E-state index is 1.09. The number of anilines is 3. The third kappa shape index (κ3) is 6.82. The Morgan fingerprint density at radius 3 is 1.50 bits per heavy atom. The molecule has 0 radical (unpaired) electrons. The zero-order chi connectivity index (χ0) is 42.4. The van der Waals surface area contributed by atoms with E-state index in [1.54, 1.807) is 0 Å². The van der Waals surface area contributed by atoms with Gasteiger partial charge in [-0.25, -0.2) is 0 Å². The van der Waals surface area contributed by atoms with Gasteiger partial charge in [0, 0.05) is 37.1 Å². The number of thiophene rings is 1. The van der Waals surface area contributed by atoms with E-state index >= 15 is 0 Å². The maximum Gasteiger partial charge on any atom is 0.0540 e. The second kappa shape index (κ2) is 16.0. The minimum Gasteiger partial charge on any atom is -0.310 e. The van der Waals surface area contributed by atoms with Gasteiger partial charge in [0.05, 0.1) is 5.69 Å². The average molecular weight is 832 g/mol. The SMILES string of the molecule is c1cc(-c2ccc(N(c3ccc(-c4cccc(-c5cccc6c5sc5ccccc56)c4)cc3)c3ccccc3-c3ccc4ccccc4c3)cc2)cc(-c2cccc3ccccc23)c1. The molecule has 2 heteroatoms.